The third kappa shape index (κ3) is 2.35. The molecular formula is C16H16N4. The first-order valence-corrected chi connectivity index (χ1v) is 6.78. The monoisotopic (exact) mass is 264 g/mol. The van der Waals surface area contributed by atoms with Crippen molar-refractivity contribution in [1.82, 2.24) is 9.97 Å². The molecule has 20 heavy (non-hydrogen) atoms. The van der Waals surface area contributed by atoms with Gasteiger partial charge >= 0.3 is 0 Å². The molecule has 1 N–H and O–H groups in total. The molecule has 1 aliphatic carbocycles. The van der Waals surface area contributed by atoms with Crippen LogP contribution in [0.5, 0.6) is 0 Å². The minimum atomic E-state index is 0.540. The first-order chi connectivity index (χ1) is 9.69. The first-order valence-electron chi connectivity index (χ1n) is 6.78. The highest BCUT2D eigenvalue weighted by Crippen LogP contribution is 2.46. The standard InChI is InChI=1S/C16H16N4/c1-10-8-13(10)15-6-5-12(9-17)16(20-15)19-14-4-3-7-18-11(14)2/h3-7,10,13H,8H2,1-2H3,(H,19,20). The van der Waals surface area contributed by atoms with Gasteiger partial charge in [0, 0.05) is 17.8 Å². The number of nitrogens with zero attached hydrogens (tertiary/aromatic N) is 3. The number of pyridine rings is 2. The van der Waals surface area contributed by atoms with Gasteiger partial charge in [0.05, 0.1) is 16.9 Å². The summed E-state index contributed by atoms with van der Waals surface area (Å²) < 4.78 is 0. The van der Waals surface area contributed by atoms with E-state index in [9.17, 15) is 5.26 Å². The smallest absolute Gasteiger partial charge is 0.148 e. The summed E-state index contributed by atoms with van der Waals surface area (Å²) in [6.07, 6.45) is 2.94. The predicted octanol–water partition coefficient (Wildman–Crippen LogP) is 3.52. The normalized spacial score (nSPS) is 20.2. The predicted molar refractivity (Wildman–Crippen MR) is 77.7 cm³/mol. The number of anilines is 2. The molecule has 0 aliphatic heterocycles. The molecule has 4 nitrogen and oxygen atoms in total. The zero-order chi connectivity index (χ0) is 14.1. The van der Waals surface area contributed by atoms with Crippen LogP contribution >= 0.6 is 0 Å². The molecule has 0 spiro atoms. The molecule has 100 valence electrons. The average Bonchev–Trinajstić information content (AvgIpc) is 3.18. The Kier molecular flexibility index (Phi) is 3.11. The number of nitriles is 1. The molecule has 3 rings (SSSR count). The zero-order valence-corrected chi connectivity index (χ0v) is 11.6. The number of rotatable bonds is 3. The van der Waals surface area contributed by atoms with Gasteiger partial charge in [-0.05, 0) is 43.5 Å². The summed E-state index contributed by atoms with van der Waals surface area (Å²) in [6, 6.07) is 9.81. The van der Waals surface area contributed by atoms with Crippen LogP contribution in [0, 0.1) is 24.2 Å². The van der Waals surface area contributed by atoms with Crippen LogP contribution < -0.4 is 5.32 Å². The topological polar surface area (TPSA) is 61.6 Å². The summed E-state index contributed by atoms with van der Waals surface area (Å²) in [5.41, 5.74) is 3.41. The molecule has 0 amide bonds. The van der Waals surface area contributed by atoms with Gasteiger partial charge in [0.15, 0.2) is 0 Å². The van der Waals surface area contributed by atoms with Crippen molar-refractivity contribution in [3.8, 4) is 6.07 Å². The second-order valence-corrected chi connectivity index (χ2v) is 5.32. The van der Waals surface area contributed by atoms with Crippen molar-refractivity contribution in [1.29, 1.82) is 5.26 Å². The van der Waals surface area contributed by atoms with Gasteiger partial charge in [-0.3, -0.25) is 4.98 Å². The summed E-state index contributed by atoms with van der Waals surface area (Å²) >= 11 is 0. The largest absolute Gasteiger partial charge is 0.338 e. The number of aromatic nitrogens is 2. The van der Waals surface area contributed by atoms with Crippen molar-refractivity contribution in [2.45, 2.75) is 26.2 Å². The Labute approximate surface area is 118 Å². The molecule has 0 radical (unpaired) electrons. The van der Waals surface area contributed by atoms with Gasteiger partial charge < -0.3 is 5.32 Å². The SMILES string of the molecule is Cc1ncccc1Nc1nc(C2CC2C)ccc1C#N. The second kappa shape index (κ2) is 4.93. The van der Waals surface area contributed by atoms with Crippen LogP contribution in [-0.4, -0.2) is 9.97 Å². The van der Waals surface area contributed by atoms with Crippen molar-refractivity contribution in [3.05, 3.63) is 47.4 Å². The molecule has 1 fully saturated rings. The number of aryl methyl sites for hydroxylation is 1. The fourth-order valence-electron chi connectivity index (χ4n) is 2.34. The lowest BCUT2D eigenvalue weighted by atomic mass is 10.2. The Morgan fingerprint density at radius 1 is 1.35 bits per heavy atom. The molecule has 1 saturated carbocycles. The number of nitrogens with one attached hydrogen (secondary N) is 1. The second-order valence-electron chi connectivity index (χ2n) is 5.32. The van der Waals surface area contributed by atoms with Crippen molar-refractivity contribution < 1.29 is 0 Å². The van der Waals surface area contributed by atoms with Crippen LogP contribution in [0.15, 0.2) is 30.5 Å². The molecular weight excluding hydrogens is 248 g/mol. The van der Waals surface area contributed by atoms with Crippen LogP contribution in [-0.2, 0) is 0 Å². The molecule has 4 heteroatoms. The first kappa shape index (κ1) is 12.6. The van der Waals surface area contributed by atoms with Gasteiger partial charge in [0.2, 0.25) is 0 Å². The quantitative estimate of drug-likeness (QED) is 0.921. The van der Waals surface area contributed by atoms with Gasteiger partial charge in [-0.1, -0.05) is 6.92 Å². The number of hydrogen-bond donors (Lipinski definition) is 1. The van der Waals surface area contributed by atoms with E-state index in [0.29, 0.717) is 23.2 Å². The van der Waals surface area contributed by atoms with Crippen LogP contribution in [0.3, 0.4) is 0 Å². The summed E-state index contributed by atoms with van der Waals surface area (Å²) in [6.45, 7) is 4.16. The Hall–Kier alpha value is -2.41. The van der Waals surface area contributed by atoms with Crippen LogP contribution in [0.25, 0.3) is 0 Å². The molecule has 2 aromatic heterocycles. The van der Waals surface area contributed by atoms with Gasteiger partial charge in [-0.2, -0.15) is 5.26 Å². The lowest BCUT2D eigenvalue weighted by Gasteiger charge is -2.10. The minimum Gasteiger partial charge on any atom is -0.338 e. The van der Waals surface area contributed by atoms with E-state index in [1.165, 1.54) is 6.42 Å². The van der Waals surface area contributed by atoms with E-state index in [1.54, 1.807) is 6.20 Å². The Bertz CT molecular complexity index is 687. The van der Waals surface area contributed by atoms with Crippen LogP contribution in [0.1, 0.15) is 36.2 Å². The third-order valence-electron chi connectivity index (χ3n) is 3.79. The Morgan fingerprint density at radius 2 is 2.15 bits per heavy atom. The third-order valence-corrected chi connectivity index (χ3v) is 3.79. The van der Waals surface area contributed by atoms with E-state index >= 15 is 0 Å². The zero-order valence-electron chi connectivity index (χ0n) is 11.6. The molecule has 2 unspecified atom stereocenters. The minimum absolute atomic E-state index is 0.540. The van der Waals surface area contributed by atoms with E-state index < -0.39 is 0 Å². The molecule has 2 atom stereocenters. The summed E-state index contributed by atoms with van der Waals surface area (Å²) in [4.78, 5) is 8.87. The molecule has 2 aromatic rings. The average molecular weight is 264 g/mol. The van der Waals surface area contributed by atoms with Crippen molar-refractivity contribution in [2.24, 2.45) is 5.92 Å². The molecule has 0 saturated heterocycles. The lowest BCUT2D eigenvalue weighted by Crippen LogP contribution is -2.01. The van der Waals surface area contributed by atoms with Gasteiger partial charge in [-0.25, -0.2) is 4.98 Å². The van der Waals surface area contributed by atoms with E-state index in [0.717, 1.165) is 17.1 Å². The maximum Gasteiger partial charge on any atom is 0.148 e. The van der Waals surface area contributed by atoms with E-state index in [1.807, 2.05) is 31.2 Å². The van der Waals surface area contributed by atoms with Gasteiger partial charge in [0.25, 0.3) is 0 Å². The fraction of sp³-hybridized carbons (Fsp3) is 0.312. The molecule has 1 aliphatic rings. The maximum atomic E-state index is 9.22. The van der Waals surface area contributed by atoms with Crippen LogP contribution in [0.4, 0.5) is 11.5 Å². The van der Waals surface area contributed by atoms with Gasteiger partial charge in [0.1, 0.15) is 11.9 Å². The summed E-state index contributed by atoms with van der Waals surface area (Å²) in [5, 5.41) is 12.5. The van der Waals surface area contributed by atoms with Crippen molar-refractivity contribution in [2.75, 3.05) is 5.32 Å². The summed E-state index contributed by atoms with van der Waals surface area (Å²) in [7, 11) is 0. The highest BCUT2D eigenvalue weighted by molar-refractivity contribution is 5.64. The van der Waals surface area contributed by atoms with E-state index in [-0.39, 0.29) is 0 Å². The van der Waals surface area contributed by atoms with Gasteiger partial charge in [-0.15, -0.1) is 0 Å². The Morgan fingerprint density at radius 3 is 2.80 bits per heavy atom. The highest BCUT2D eigenvalue weighted by Gasteiger charge is 2.35. The molecule has 0 bridgehead atoms. The van der Waals surface area contributed by atoms with Crippen molar-refractivity contribution in [3.63, 3.8) is 0 Å². The van der Waals surface area contributed by atoms with E-state index in [2.05, 4.69) is 28.3 Å². The lowest BCUT2D eigenvalue weighted by molar-refractivity contribution is 0.886. The maximum absolute atomic E-state index is 9.22. The van der Waals surface area contributed by atoms with Crippen molar-refractivity contribution >= 4 is 11.5 Å². The molecule has 0 aromatic carbocycles. The number of hydrogen-bond acceptors (Lipinski definition) is 4. The van der Waals surface area contributed by atoms with E-state index in [4.69, 9.17) is 0 Å². The highest BCUT2D eigenvalue weighted by atomic mass is 15.0. The fourth-order valence-corrected chi connectivity index (χ4v) is 2.34. The Balaban J connectivity index is 1.95. The molecule has 2 heterocycles. The summed E-state index contributed by atoms with van der Waals surface area (Å²) in [5.74, 6) is 1.86. The van der Waals surface area contributed by atoms with Crippen LogP contribution in [0.2, 0.25) is 0 Å².